The summed E-state index contributed by atoms with van der Waals surface area (Å²) < 4.78 is 10.1. The topological polar surface area (TPSA) is 114 Å². The third kappa shape index (κ3) is 8.02. The van der Waals surface area contributed by atoms with Gasteiger partial charge in [0.15, 0.2) is 6.04 Å². The van der Waals surface area contributed by atoms with Crippen LogP contribution in [-0.2, 0) is 32.3 Å². The first-order chi connectivity index (χ1) is 14.0. The molecule has 0 aliphatic heterocycles. The lowest BCUT2D eigenvalue weighted by molar-refractivity contribution is -0.152. The first kappa shape index (κ1) is 21.9. The van der Waals surface area contributed by atoms with Gasteiger partial charge in [0, 0.05) is 0 Å². The third-order valence-electron chi connectivity index (χ3n) is 3.88. The Hall–Kier alpha value is -3.39. The molecular formula is C21H24N2O6. The Bertz CT molecular complexity index is 795. The molecule has 29 heavy (non-hydrogen) atoms. The molecule has 0 heterocycles. The highest BCUT2D eigenvalue weighted by Crippen LogP contribution is 2.04. The number of amides is 2. The lowest BCUT2D eigenvalue weighted by atomic mass is 10.2. The van der Waals surface area contributed by atoms with Crippen LogP contribution in [0.3, 0.4) is 0 Å². The van der Waals surface area contributed by atoms with E-state index in [1.807, 2.05) is 24.3 Å². The van der Waals surface area contributed by atoms with Crippen molar-refractivity contribution in [3.8, 4) is 0 Å². The zero-order valence-corrected chi connectivity index (χ0v) is 16.0. The number of carbonyl (C=O) groups excluding carboxylic acids is 3. The van der Waals surface area contributed by atoms with Crippen molar-refractivity contribution in [2.45, 2.75) is 32.3 Å². The third-order valence-corrected chi connectivity index (χ3v) is 3.88. The second kappa shape index (κ2) is 11.5. The SMILES string of the molecule is C[C@@H](O)[C@@H](NC(=O)CNC(=O)OCc1ccccc1)C(=O)OCc1ccccc1. The van der Waals surface area contributed by atoms with Crippen LogP contribution in [0.25, 0.3) is 0 Å². The molecule has 0 radical (unpaired) electrons. The predicted molar refractivity (Wildman–Crippen MR) is 104 cm³/mol. The van der Waals surface area contributed by atoms with E-state index in [1.165, 1.54) is 6.92 Å². The van der Waals surface area contributed by atoms with Gasteiger partial charge >= 0.3 is 12.1 Å². The van der Waals surface area contributed by atoms with Gasteiger partial charge in [0.2, 0.25) is 5.91 Å². The summed E-state index contributed by atoms with van der Waals surface area (Å²) in [5.41, 5.74) is 1.58. The average Bonchev–Trinajstić information content (AvgIpc) is 2.74. The van der Waals surface area contributed by atoms with Crippen molar-refractivity contribution in [1.82, 2.24) is 10.6 Å². The molecule has 0 saturated carbocycles. The molecule has 0 aliphatic rings. The van der Waals surface area contributed by atoms with Gasteiger partial charge in [0.05, 0.1) is 6.10 Å². The second-order valence-corrected chi connectivity index (χ2v) is 6.29. The fraction of sp³-hybridized carbons (Fsp3) is 0.286. The second-order valence-electron chi connectivity index (χ2n) is 6.29. The van der Waals surface area contributed by atoms with Crippen LogP contribution in [0.5, 0.6) is 0 Å². The fourth-order valence-electron chi connectivity index (χ4n) is 2.35. The summed E-state index contributed by atoms with van der Waals surface area (Å²) in [5.74, 6) is -1.44. The Labute approximate surface area is 168 Å². The summed E-state index contributed by atoms with van der Waals surface area (Å²) in [6, 6.07) is 16.8. The van der Waals surface area contributed by atoms with Crippen LogP contribution in [-0.4, -0.2) is 41.8 Å². The lowest BCUT2D eigenvalue weighted by Gasteiger charge is -2.20. The summed E-state index contributed by atoms with van der Waals surface area (Å²) in [5, 5.41) is 14.4. The number of aliphatic hydroxyl groups excluding tert-OH is 1. The van der Waals surface area contributed by atoms with Gasteiger partial charge in [0.25, 0.3) is 0 Å². The molecule has 0 aliphatic carbocycles. The van der Waals surface area contributed by atoms with Gasteiger partial charge in [-0.3, -0.25) is 4.79 Å². The number of aliphatic hydroxyl groups is 1. The summed E-state index contributed by atoms with van der Waals surface area (Å²) in [6.45, 7) is 1.03. The smallest absolute Gasteiger partial charge is 0.407 e. The molecule has 0 spiro atoms. The highest BCUT2D eigenvalue weighted by molar-refractivity contribution is 5.87. The van der Waals surface area contributed by atoms with Crippen molar-refractivity contribution < 1.29 is 29.0 Å². The number of benzene rings is 2. The van der Waals surface area contributed by atoms with Crippen LogP contribution in [0.15, 0.2) is 60.7 Å². The highest BCUT2D eigenvalue weighted by atomic mass is 16.5. The molecule has 8 nitrogen and oxygen atoms in total. The lowest BCUT2D eigenvalue weighted by Crippen LogP contribution is -2.51. The van der Waals surface area contributed by atoms with Crippen LogP contribution in [0.1, 0.15) is 18.1 Å². The van der Waals surface area contributed by atoms with Gasteiger partial charge in [0.1, 0.15) is 19.8 Å². The molecule has 2 aromatic carbocycles. The Kier molecular flexibility index (Phi) is 8.65. The maximum atomic E-state index is 12.2. The number of nitrogens with one attached hydrogen (secondary N) is 2. The molecule has 0 fully saturated rings. The number of esters is 1. The minimum atomic E-state index is -1.26. The number of ether oxygens (including phenoxy) is 2. The van der Waals surface area contributed by atoms with Crippen molar-refractivity contribution in [1.29, 1.82) is 0 Å². The Morgan fingerprint density at radius 1 is 0.897 bits per heavy atom. The first-order valence-electron chi connectivity index (χ1n) is 9.08. The number of hydrogen-bond donors (Lipinski definition) is 3. The van der Waals surface area contributed by atoms with Crippen LogP contribution in [0.4, 0.5) is 4.79 Å². The van der Waals surface area contributed by atoms with E-state index in [0.29, 0.717) is 0 Å². The molecule has 0 saturated heterocycles. The van der Waals surface area contributed by atoms with E-state index in [1.54, 1.807) is 36.4 Å². The van der Waals surface area contributed by atoms with Gasteiger partial charge < -0.3 is 25.2 Å². The Morgan fingerprint density at radius 3 is 1.93 bits per heavy atom. The quantitative estimate of drug-likeness (QED) is 0.550. The molecule has 0 bridgehead atoms. The molecule has 2 aromatic rings. The van der Waals surface area contributed by atoms with Crippen LogP contribution in [0.2, 0.25) is 0 Å². The van der Waals surface area contributed by atoms with Crippen LogP contribution in [0, 0.1) is 0 Å². The van der Waals surface area contributed by atoms with E-state index in [2.05, 4.69) is 10.6 Å². The summed E-state index contributed by atoms with van der Waals surface area (Å²) in [6.07, 6.45) is -1.95. The first-order valence-corrected chi connectivity index (χ1v) is 9.08. The van der Waals surface area contributed by atoms with E-state index in [9.17, 15) is 19.5 Å². The van der Waals surface area contributed by atoms with Gasteiger partial charge in [-0.1, -0.05) is 60.7 Å². The number of rotatable bonds is 9. The number of hydrogen-bond acceptors (Lipinski definition) is 6. The molecule has 0 aromatic heterocycles. The zero-order valence-electron chi connectivity index (χ0n) is 16.0. The molecule has 8 heteroatoms. The van der Waals surface area contributed by atoms with E-state index in [-0.39, 0.29) is 13.2 Å². The van der Waals surface area contributed by atoms with Gasteiger partial charge in [-0.2, -0.15) is 0 Å². The molecule has 3 N–H and O–H groups in total. The van der Waals surface area contributed by atoms with Gasteiger partial charge in [-0.25, -0.2) is 9.59 Å². The van der Waals surface area contributed by atoms with Crippen molar-refractivity contribution in [3.63, 3.8) is 0 Å². The Morgan fingerprint density at radius 2 is 1.41 bits per heavy atom. The number of carbonyl (C=O) groups is 3. The van der Waals surface area contributed by atoms with Gasteiger partial charge in [-0.15, -0.1) is 0 Å². The normalized spacial score (nSPS) is 12.3. The van der Waals surface area contributed by atoms with Gasteiger partial charge in [-0.05, 0) is 18.1 Å². The van der Waals surface area contributed by atoms with E-state index < -0.39 is 36.7 Å². The minimum Gasteiger partial charge on any atom is -0.459 e. The maximum absolute atomic E-state index is 12.2. The summed E-state index contributed by atoms with van der Waals surface area (Å²) in [4.78, 5) is 35.9. The zero-order chi connectivity index (χ0) is 21.1. The van der Waals surface area contributed by atoms with E-state index >= 15 is 0 Å². The molecule has 2 atom stereocenters. The van der Waals surface area contributed by atoms with Crippen molar-refractivity contribution >= 4 is 18.0 Å². The molecule has 154 valence electrons. The fourth-order valence-corrected chi connectivity index (χ4v) is 2.35. The van der Waals surface area contributed by atoms with E-state index in [4.69, 9.17) is 9.47 Å². The molecule has 2 amide bonds. The Balaban J connectivity index is 1.74. The summed E-state index contributed by atoms with van der Waals surface area (Å²) in [7, 11) is 0. The molecule has 2 rings (SSSR count). The number of alkyl carbamates (subject to hydrolysis) is 1. The van der Waals surface area contributed by atoms with Crippen LogP contribution < -0.4 is 10.6 Å². The average molecular weight is 400 g/mol. The van der Waals surface area contributed by atoms with Crippen molar-refractivity contribution in [2.24, 2.45) is 0 Å². The predicted octanol–water partition coefficient (Wildman–Crippen LogP) is 1.52. The monoisotopic (exact) mass is 400 g/mol. The van der Waals surface area contributed by atoms with Crippen LogP contribution >= 0.6 is 0 Å². The highest BCUT2D eigenvalue weighted by Gasteiger charge is 2.27. The molecule has 0 unspecified atom stereocenters. The maximum Gasteiger partial charge on any atom is 0.407 e. The standard InChI is InChI=1S/C21H24N2O6/c1-15(24)19(20(26)28-13-16-8-4-2-5-9-16)23-18(25)12-22-21(27)29-14-17-10-6-3-7-11-17/h2-11,15,19,24H,12-14H2,1H3,(H,22,27)(H,23,25)/t15-,19-/m1/s1. The molecular weight excluding hydrogens is 376 g/mol. The van der Waals surface area contributed by atoms with E-state index in [0.717, 1.165) is 11.1 Å². The van der Waals surface area contributed by atoms with Crippen molar-refractivity contribution in [2.75, 3.05) is 6.54 Å². The largest absolute Gasteiger partial charge is 0.459 e. The summed E-state index contributed by atoms with van der Waals surface area (Å²) >= 11 is 0. The van der Waals surface area contributed by atoms with Crippen molar-refractivity contribution in [3.05, 3.63) is 71.8 Å². The minimum absolute atomic E-state index is 0.0167.